The number of phenolic OH excluding ortho intramolecular Hbond substituents is 1. The molecular formula is C27H26F2N4O4. The first kappa shape index (κ1) is 24.9. The van der Waals surface area contributed by atoms with E-state index in [9.17, 15) is 19.4 Å². The van der Waals surface area contributed by atoms with E-state index in [0.29, 0.717) is 12.1 Å². The first-order valence-electron chi connectivity index (χ1n) is 11.8. The standard InChI is InChI=1S/C27H26F2N4O4/c1-14-6-15(8-17(30)7-14)18-4-5-31-11-22(18)33-26(35)21-3-2-19(28)25(32-21)24-20(29)9-16(10-23(24)34)27(36)12-37-13-27/h2-5,7,9-11,15,17,34,36H,6,8,12-13,30H2,1H3,(H,33,35)/t15-,17+/m1/s1. The SMILES string of the molecule is CC1=C[C@H](N)C[C@H](c2ccncc2NC(=O)c2ccc(F)c(-c3c(O)cc(C4(O)COC4)cc3F)n2)C1. The van der Waals surface area contributed by atoms with E-state index in [1.54, 1.807) is 6.20 Å². The van der Waals surface area contributed by atoms with Crippen LogP contribution in [0.1, 0.15) is 47.3 Å². The van der Waals surface area contributed by atoms with E-state index in [0.717, 1.165) is 35.8 Å². The van der Waals surface area contributed by atoms with Crippen molar-refractivity contribution in [1.82, 2.24) is 9.97 Å². The number of halogens is 2. The van der Waals surface area contributed by atoms with Gasteiger partial charge in [-0.1, -0.05) is 11.6 Å². The molecule has 2 atom stereocenters. The van der Waals surface area contributed by atoms with Gasteiger partial charge in [-0.15, -0.1) is 0 Å². The van der Waals surface area contributed by atoms with Crippen LogP contribution in [-0.2, 0) is 10.3 Å². The summed E-state index contributed by atoms with van der Waals surface area (Å²) in [5, 5.41) is 23.7. The van der Waals surface area contributed by atoms with Crippen LogP contribution in [0.15, 0.2) is 54.4 Å². The van der Waals surface area contributed by atoms with Crippen molar-refractivity contribution in [2.45, 2.75) is 37.3 Å². The van der Waals surface area contributed by atoms with Gasteiger partial charge in [-0.2, -0.15) is 0 Å². The molecule has 5 rings (SSSR count). The van der Waals surface area contributed by atoms with E-state index >= 15 is 4.39 Å². The number of anilines is 1. The fraction of sp³-hybridized carbons (Fsp3) is 0.296. The molecule has 1 aromatic carbocycles. The first-order chi connectivity index (χ1) is 17.6. The van der Waals surface area contributed by atoms with Crippen molar-refractivity contribution in [1.29, 1.82) is 0 Å². The number of phenols is 1. The highest BCUT2D eigenvalue weighted by Gasteiger charge is 2.39. The maximum absolute atomic E-state index is 15.0. The molecule has 3 aromatic rings. The Hall–Kier alpha value is -3.73. The lowest BCUT2D eigenvalue weighted by Crippen LogP contribution is -2.46. The van der Waals surface area contributed by atoms with Crippen LogP contribution in [0.3, 0.4) is 0 Å². The first-order valence-corrected chi connectivity index (χ1v) is 11.8. The minimum absolute atomic E-state index is 0.0491. The molecule has 0 saturated carbocycles. The van der Waals surface area contributed by atoms with Crippen LogP contribution in [-0.4, -0.2) is 45.3 Å². The van der Waals surface area contributed by atoms with E-state index < -0.39 is 40.1 Å². The van der Waals surface area contributed by atoms with Crippen molar-refractivity contribution < 1.29 is 28.5 Å². The fourth-order valence-electron chi connectivity index (χ4n) is 4.89. The topological polar surface area (TPSA) is 131 Å². The molecule has 0 spiro atoms. The smallest absolute Gasteiger partial charge is 0.274 e. The van der Waals surface area contributed by atoms with Gasteiger partial charge in [-0.25, -0.2) is 13.8 Å². The van der Waals surface area contributed by atoms with Crippen LogP contribution in [0.5, 0.6) is 5.75 Å². The quantitative estimate of drug-likeness (QED) is 0.386. The lowest BCUT2D eigenvalue weighted by molar-refractivity contribution is -0.184. The van der Waals surface area contributed by atoms with Gasteiger partial charge >= 0.3 is 0 Å². The second kappa shape index (κ2) is 9.62. The van der Waals surface area contributed by atoms with Crippen molar-refractivity contribution in [3.8, 4) is 17.0 Å². The Kier molecular flexibility index (Phi) is 6.49. The third kappa shape index (κ3) is 4.83. The van der Waals surface area contributed by atoms with Crippen LogP contribution in [0.2, 0.25) is 0 Å². The molecule has 1 aliphatic heterocycles. The number of ether oxygens (including phenoxy) is 1. The molecule has 0 unspecified atom stereocenters. The van der Waals surface area contributed by atoms with Gasteiger partial charge in [0.1, 0.15) is 34.4 Å². The van der Waals surface area contributed by atoms with Crippen LogP contribution in [0.25, 0.3) is 11.3 Å². The number of benzene rings is 1. The molecule has 192 valence electrons. The summed E-state index contributed by atoms with van der Waals surface area (Å²) < 4.78 is 34.7. The Morgan fingerprint density at radius 1 is 1.22 bits per heavy atom. The molecule has 5 N–H and O–H groups in total. The molecule has 1 aliphatic carbocycles. The molecule has 1 saturated heterocycles. The summed E-state index contributed by atoms with van der Waals surface area (Å²) in [4.78, 5) is 21.3. The number of hydrogen-bond donors (Lipinski definition) is 4. The highest BCUT2D eigenvalue weighted by atomic mass is 19.1. The minimum Gasteiger partial charge on any atom is -0.507 e. The molecule has 2 aromatic heterocycles. The van der Waals surface area contributed by atoms with Crippen molar-refractivity contribution >= 4 is 11.6 Å². The lowest BCUT2D eigenvalue weighted by Gasteiger charge is -2.36. The van der Waals surface area contributed by atoms with Crippen molar-refractivity contribution in [2.75, 3.05) is 18.5 Å². The predicted octanol–water partition coefficient (Wildman–Crippen LogP) is 3.75. The second-order valence-corrected chi connectivity index (χ2v) is 9.63. The number of aromatic nitrogens is 2. The number of allylic oxidation sites excluding steroid dienone is 1. The van der Waals surface area contributed by atoms with E-state index in [2.05, 4.69) is 15.3 Å². The summed E-state index contributed by atoms with van der Waals surface area (Å²) in [5.41, 5.74) is 6.10. The zero-order valence-corrected chi connectivity index (χ0v) is 20.0. The second-order valence-electron chi connectivity index (χ2n) is 9.63. The number of carbonyl (C=O) groups is 1. The van der Waals surface area contributed by atoms with Crippen molar-refractivity contribution in [3.05, 3.63) is 82.8 Å². The highest BCUT2D eigenvalue weighted by Crippen LogP contribution is 2.39. The summed E-state index contributed by atoms with van der Waals surface area (Å²) in [7, 11) is 0. The Labute approximate surface area is 211 Å². The van der Waals surface area contributed by atoms with Crippen LogP contribution in [0, 0.1) is 11.6 Å². The molecular weight excluding hydrogens is 482 g/mol. The van der Waals surface area contributed by atoms with Crippen molar-refractivity contribution in [2.24, 2.45) is 5.73 Å². The Bertz CT molecular complexity index is 1380. The number of rotatable bonds is 5. The molecule has 1 amide bonds. The Balaban J connectivity index is 1.44. The Morgan fingerprint density at radius 2 is 2.00 bits per heavy atom. The minimum atomic E-state index is -1.43. The number of pyridine rings is 2. The average Bonchev–Trinajstić information content (AvgIpc) is 2.82. The van der Waals surface area contributed by atoms with Gasteiger partial charge in [0.15, 0.2) is 0 Å². The molecule has 1 fully saturated rings. The third-order valence-electron chi connectivity index (χ3n) is 6.77. The summed E-state index contributed by atoms with van der Waals surface area (Å²) in [6, 6.07) is 6.02. The number of aromatic hydroxyl groups is 1. The summed E-state index contributed by atoms with van der Waals surface area (Å²) in [6.45, 7) is 1.91. The van der Waals surface area contributed by atoms with Gasteiger partial charge in [-0.3, -0.25) is 9.78 Å². The highest BCUT2D eigenvalue weighted by molar-refractivity contribution is 6.03. The number of nitrogens with one attached hydrogen (secondary N) is 1. The number of hydrogen-bond acceptors (Lipinski definition) is 7. The van der Waals surface area contributed by atoms with Crippen LogP contribution >= 0.6 is 0 Å². The predicted molar refractivity (Wildman–Crippen MR) is 132 cm³/mol. The molecule has 2 aliphatic rings. The maximum Gasteiger partial charge on any atom is 0.274 e. The zero-order chi connectivity index (χ0) is 26.3. The normalized spacial score (nSPS) is 20.6. The molecule has 8 nitrogen and oxygen atoms in total. The van der Waals surface area contributed by atoms with Crippen LogP contribution in [0.4, 0.5) is 14.5 Å². The van der Waals surface area contributed by atoms with E-state index in [-0.39, 0.29) is 36.4 Å². The molecule has 37 heavy (non-hydrogen) atoms. The van der Waals surface area contributed by atoms with Crippen molar-refractivity contribution in [3.63, 3.8) is 0 Å². The average molecular weight is 509 g/mol. The van der Waals surface area contributed by atoms with Gasteiger partial charge in [0, 0.05) is 12.2 Å². The largest absolute Gasteiger partial charge is 0.507 e. The van der Waals surface area contributed by atoms with E-state index in [1.165, 1.54) is 12.3 Å². The Morgan fingerprint density at radius 3 is 2.68 bits per heavy atom. The third-order valence-corrected chi connectivity index (χ3v) is 6.77. The van der Waals surface area contributed by atoms with Gasteiger partial charge in [0.25, 0.3) is 5.91 Å². The number of nitrogens with two attached hydrogens (primary N) is 1. The van der Waals surface area contributed by atoms with Gasteiger partial charge in [0.05, 0.1) is 30.7 Å². The molecule has 0 bridgehead atoms. The monoisotopic (exact) mass is 508 g/mol. The van der Waals surface area contributed by atoms with Crippen LogP contribution < -0.4 is 11.1 Å². The number of amides is 1. The number of aliphatic hydroxyl groups is 1. The lowest BCUT2D eigenvalue weighted by atomic mass is 9.82. The molecule has 3 heterocycles. The summed E-state index contributed by atoms with van der Waals surface area (Å²) in [6.07, 6.45) is 6.69. The summed E-state index contributed by atoms with van der Waals surface area (Å²) >= 11 is 0. The zero-order valence-electron chi connectivity index (χ0n) is 20.0. The van der Waals surface area contributed by atoms with Gasteiger partial charge in [0.2, 0.25) is 0 Å². The maximum atomic E-state index is 15.0. The van der Waals surface area contributed by atoms with Gasteiger partial charge in [-0.05, 0) is 67.1 Å². The number of carbonyl (C=O) groups excluding carboxylic acids is 1. The van der Waals surface area contributed by atoms with Gasteiger partial charge < -0.3 is 26.0 Å². The van der Waals surface area contributed by atoms with E-state index in [4.69, 9.17) is 10.5 Å². The molecule has 10 heteroatoms. The number of nitrogens with zero attached hydrogens (tertiary/aromatic N) is 2. The molecule has 0 radical (unpaired) electrons. The fourth-order valence-corrected chi connectivity index (χ4v) is 4.89. The van der Waals surface area contributed by atoms with E-state index in [1.807, 2.05) is 19.1 Å². The summed E-state index contributed by atoms with van der Waals surface area (Å²) in [5.74, 6) is -3.11.